The van der Waals surface area contributed by atoms with E-state index in [0.717, 1.165) is 32.1 Å². The molecule has 0 bridgehead atoms. The van der Waals surface area contributed by atoms with Gasteiger partial charge in [-0.2, -0.15) is 0 Å². The molecule has 2 atom stereocenters. The molecule has 0 amide bonds. The number of likely N-dealkylation sites (N-methyl/N-ethyl adjacent to an activating group) is 1. The van der Waals surface area contributed by atoms with Crippen molar-refractivity contribution < 1.29 is 42.1 Å². The van der Waals surface area contributed by atoms with E-state index >= 15 is 0 Å². The van der Waals surface area contributed by atoms with Gasteiger partial charge >= 0.3 is 11.9 Å². The van der Waals surface area contributed by atoms with Crippen LogP contribution in [0.15, 0.2) is 12.2 Å². The molecule has 0 rings (SSSR count). The number of allylic oxidation sites excluding steroid dienone is 2. The van der Waals surface area contributed by atoms with Gasteiger partial charge in [-0.05, 0) is 38.5 Å². The predicted molar refractivity (Wildman–Crippen MR) is 305 cm³/mol. The van der Waals surface area contributed by atoms with Gasteiger partial charge < -0.3 is 27.9 Å². The van der Waals surface area contributed by atoms with Crippen molar-refractivity contribution in [2.75, 3.05) is 47.5 Å². The van der Waals surface area contributed by atoms with Crippen molar-refractivity contribution in [3.8, 4) is 0 Å². The second-order valence-corrected chi connectivity index (χ2v) is 24.2. The fourth-order valence-electron chi connectivity index (χ4n) is 9.42. The fourth-order valence-corrected chi connectivity index (χ4v) is 10.1. The van der Waals surface area contributed by atoms with Crippen molar-refractivity contribution in [1.82, 2.24) is 0 Å². The first kappa shape index (κ1) is 70.8. The van der Waals surface area contributed by atoms with E-state index in [4.69, 9.17) is 18.5 Å². The molecule has 0 N–H and O–H groups in total. The average Bonchev–Trinajstić information content (AvgIpc) is 3.34. The van der Waals surface area contributed by atoms with Crippen LogP contribution in [0.1, 0.15) is 322 Å². The molecule has 0 spiro atoms. The Labute approximate surface area is 447 Å². The molecule has 0 fully saturated rings. The largest absolute Gasteiger partial charge is 0.756 e. The van der Waals surface area contributed by atoms with Crippen molar-refractivity contribution >= 4 is 19.8 Å². The second-order valence-electron chi connectivity index (χ2n) is 22.8. The van der Waals surface area contributed by atoms with Crippen LogP contribution in [0.25, 0.3) is 0 Å². The van der Waals surface area contributed by atoms with Crippen LogP contribution in [0.5, 0.6) is 0 Å². The molecule has 0 saturated carbocycles. The summed E-state index contributed by atoms with van der Waals surface area (Å²) < 4.78 is 34.2. The van der Waals surface area contributed by atoms with Crippen LogP contribution in [-0.2, 0) is 32.7 Å². The number of ether oxygens (including phenoxy) is 2. The van der Waals surface area contributed by atoms with E-state index in [0.29, 0.717) is 17.4 Å². The van der Waals surface area contributed by atoms with E-state index < -0.39 is 26.5 Å². The maximum atomic E-state index is 12.8. The van der Waals surface area contributed by atoms with E-state index in [-0.39, 0.29) is 32.0 Å². The molecule has 10 heteroatoms. The Kier molecular flexibility index (Phi) is 53.6. The number of hydrogen-bond acceptors (Lipinski definition) is 8. The number of rotatable bonds is 59. The minimum Gasteiger partial charge on any atom is -0.756 e. The first-order valence-electron chi connectivity index (χ1n) is 31.4. The maximum absolute atomic E-state index is 12.8. The third-order valence-corrected chi connectivity index (χ3v) is 15.2. The molecule has 0 aromatic carbocycles. The van der Waals surface area contributed by atoms with Gasteiger partial charge in [-0.25, -0.2) is 0 Å². The summed E-state index contributed by atoms with van der Waals surface area (Å²) in [4.78, 5) is 37.9. The molecule has 0 heterocycles. The highest BCUT2D eigenvalue weighted by Gasteiger charge is 2.22. The molecule has 0 aromatic rings. The third-order valence-electron chi connectivity index (χ3n) is 14.3. The summed E-state index contributed by atoms with van der Waals surface area (Å²) in [7, 11) is 1.19. The van der Waals surface area contributed by atoms with Crippen LogP contribution >= 0.6 is 7.82 Å². The molecular formula is C62H122NO8P. The zero-order valence-corrected chi connectivity index (χ0v) is 49.6. The number of esters is 2. The summed E-state index contributed by atoms with van der Waals surface area (Å²) in [5.41, 5.74) is 0. The third kappa shape index (κ3) is 58.0. The lowest BCUT2D eigenvalue weighted by Gasteiger charge is -2.28. The number of phosphoric ester groups is 1. The topological polar surface area (TPSA) is 111 Å². The molecule has 0 aliphatic rings. The van der Waals surface area contributed by atoms with Crippen LogP contribution in [0.2, 0.25) is 0 Å². The summed E-state index contributed by atoms with van der Waals surface area (Å²) in [5.74, 6) is -0.810. The monoisotopic (exact) mass is 1040 g/mol. The van der Waals surface area contributed by atoms with Crippen LogP contribution in [-0.4, -0.2) is 70.0 Å². The Hall–Kier alpha value is -1.25. The Balaban J connectivity index is 4.04. The van der Waals surface area contributed by atoms with Gasteiger partial charge in [0.1, 0.15) is 19.8 Å². The van der Waals surface area contributed by atoms with E-state index in [1.807, 2.05) is 21.1 Å². The van der Waals surface area contributed by atoms with Gasteiger partial charge in [0.2, 0.25) is 0 Å². The molecule has 9 nitrogen and oxygen atoms in total. The number of hydrogen-bond donors (Lipinski definition) is 0. The molecule has 0 radical (unpaired) electrons. The number of phosphoric acid groups is 1. The maximum Gasteiger partial charge on any atom is 0.306 e. The first-order valence-corrected chi connectivity index (χ1v) is 32.9. The SMILES string of the molecule is CCCCCCCCCC/C=C\CCCCCCCCCCCCCCCCCCCC(=O)OC(COC(=O)CCCCCCCCCCCCCCCCCCCCC)COP(=O)([O-])OCC[N+](C)(C)C. The normalized spacial score (nSPS) is 13.2. The second kappa shape index (κ2) is 54.5. The summed E-state index contributed by atoms with van der Waals surface area (Å²) in [6.07, 6.45) is 64.1. The Bertz CT molecular complexity index is 1220. The molecule has 0 aromatic heterocycles. The number of carbonyl (C=O) groups excluding carboxylic acids is 2. The van der Waals surface area contributed by atoms with Gasteiger partial charge in [-0.1, -0.05) is 283 Å². The van der Waals surface area contributed by atoms with Gasteiger partial charge in [0, 0.05) is 12.8 Å². The van der Waals surface area contributed by atoms with Crippen molar-refractivity contribution in [2.45, 2.75) is 328 Å². The molecule has 2 unspecified atom stereocenters. The Morgan fingerprint density at radius 2 is 0.708 bits per heavy atom. The van der Waals surface area contributed by atoms with Crippen LogP contribution in [0, 0.1) is 0 Å². The van der Waals surface area contributed by atoms with Crippen molar-refractivity contribution in [2.24, 2.45) is 0 Å². The Morgan fingerprint density at radius 1 is 0.417 bits per heavy atom. The summed E-state index contributed by atoms with van der Waals surface area (Å²) in [6.45, 7) is 4.31. The molecule has 428 valence electrons. The number of nitrogens with zero attached hydrogens (tertiary/aromatic N) is 1. The lowest BCUT2D eigenvalue weighted by atomic mass is 10.0. The van der Waals surface area contributed by atoms with Crippen molar-refractivity contribution in [3.05, 3.63) is 12.2 Å². The summed E-state index contributed by atoms with van der Waals surface area (Å²) in [6, 6.07) is 0. The minimum absolute atomic E-state index is 0.0262. The van der Waals surface area contributed by atoms with Gasteiger partial charge in [0.15, 0.2) is 6.10 Å². The van der Waals surface area contributed by atoms with E-state index in [1.165, 1.54) is 257 Å². The standard InChI is InChI=1S/C62H122NO8P/c1-6-8-10-12-14-16-18-20-22-24-26-27-28-29-30-31-32-33-34-35-37-39-41-43-45-47-49-51-53-55-62(65)71-60(59-70-72(66,67)69-57-56-63(3,4)5)58-68-61(64)54-52-50-48-46-44-42-40-38-36-25-23-21-19-17-15-13-11-9-7-2/h24,26,60H,6-23,25,27-59H2,1-5H3/b26-24-. The molecule has 0 saturated heterocycles. The summed E-state index contributed by atoms with van der Waals surface area (Å²) >= 11 is 0. The number of carbonyl (C=O) groups is 2. The predicted octanol–water partition coefficient (Wildman–Crippen LogP) is 19.0. The van der Waals surface area contributed by atoms with Crippen LogP contribution < -0.4 is 4.89 Å². The number of unbranched alkanes of at least 4 members (excludes halogenated alkanes) is 43. The van der Waals surface area contributed by atoms with Gasteiger partial charge in [-0.15, -0.1) is 0 Å². The van der Waals surface area contributed by atoms with Gasteiger partial charge in [-0.3, -0.25) is 14.2 Å². The highest BCUT2D eigenvalue weighted by molar-refractivity contribution is 7.45. The summed E-state index contributed by atoms with van der Waals surface area (Å²) in [5, 5.41) is 0. The highest BCUT2D eigenvalue weighted by atomic mass is 31.2. The Morgan fingerprint density at radius 3 is 1.03 bits per heavy atom. The highest BCUT2D eigenvalue weighted by Crippen LogP contribution is 2.38. The van der Waals surface area contributed by atoms with Gasteiger partial charge in [0.05, 0.1) is 27.7 Å². The van der Waals surface area contributed by atoms with E-state index in [2.05, 4.69) is 26.0 Å². The van der Waals surface area contributed by atoms with Gasteiger partial charge in [0.25, 0.3) is 7.82 Å². The molecule has 0 aliphatic heterocycles. The van der Waals surface area contributed by atoms with E-state index in [9.17, 15) is 19.0 Å². The first-order chi connectivity index (χ1) is 35.0. The number of quaternary nitrogens is 1. The quantitative estimate of drug-likeness (QED) is 0.0195. The van der Waals surface area contributed by atoms with Crippen molar-refractivity contribution in [1.29, 1.82) is 0 Å². The minimum atomic E-state index is -4.63. The average molecular weight is 1040 g/mol. The van der Waals surface area contributed by atoms with Crippen molar-refractivity contribution in [3.63, 3.8) is 0 Å². The van der Waals surface area contributed by atoms with E-state index in [1.54, 1.807) is 0 Å². The van der Waals surface area contributed by atoms with Crippen LogP contribution in [0.4, 0.5) is 0 Å². The fraction of sp³-hybridized carbons (Fsp3) is 0.935. The zero-order chi connectivity index (χ0) is 52.7. The lowest BCUT2D eigenvalue weighted by molar-refractivity contribution is -0.870. The zero-order valence-electron chi connectivity index (χ0n) is 48.7. The molecule has 0 aliphatic carbocycles. The van der Waals surface area contributed by atoms with Crippen LogP contribution in [0.3, 0.4) is 0 Å². The smallest absolute Gasteiger partial charge is 0.306 e. The molecular weight excluding hydrogens is 918 g/mol. The lowest BCUT2D eigenvalue weighted by Crippen LogP contribution is -2.37. The molecule has 72 heavy (non-hydrogen) atoms.